The molecule has 0 aromatic heterocycles. The van der Waals surface area contributed by atoms with Gasteiger partial charge in [0.25, 0.3) is 0 Å². The molecule has 1 aliphatic rings. The van der Waals surface area contributed by atoms with Crippen LogP contribution in [0.15, 0.2) is 24.3 Å². The van der Waals surface area contributed by atoms with E-state index in [0.29, 0.717) is 25.4 Å². The van der Waals surface area contributed by atoms with E-state index < -0.39 is 5.97 Å². The van der Waals surface area contributed by atoms with Crippen molar-refractivity contribution >= 4 is 0 Å². The summed E-state index contributed by atoms with van der Waals surface area (Å²) in [6.45, 7) is 3.22. The van der Waals surface area contributed by atoms with Gasteiger partial charge in [-0.1, -0.05) is 13.0 Å². The smallest absolute Gasteiger partial charge is 0.327 e. The molecule has 0 unspecified atom stereocenters. The number of benzene rings is 1. The zero-order chi connectivity index (χ0) is 12.1. The molecule has 1 saturated heterocycles. The Hall–Kier alpha value is -1.26. The molecule has 0 bridgehead atoms. The summed E-state index contributed by atoms with van der Waals surface area (Å²) in [6, 6.07) is 7.44. The SMILES string of the molecule is CCCC1(Oc2cccc(OC)c2)OCCO1. The van der Waals surface area contributed by atoms with E-state index >= 15 is 0 Å². The third-order valence-corrected chi connectivity index (χ3v) is 2.60. The highest BCUT2D eigenvalue weighted by atomic mass is 16.9. The minimum Gasteiger partial charge on any atom is -0.497 e. The largest absolute Gasteiger partial charge is 0.497 e. The van der Waals surface area contributed by atoms with Gasteiger partial charge in [0.15, 0.2) is 0 Å². The van der Waals surface area contributed by atoms with E-state index in [2.05, 4.69) is 6.92 Å². The van der Waals surface area contributed by atoms with Gasteiger partial charge in [0, 0.05) is 12.5 Å². The molecule has 0 amide bonds. The van der Waals surface area contributed by atoms with Gasteiger partial charge in [-0.25, -0.2) is 0 Å². The van der Waals surface area contributed by atoms with Crippen LogP contribution in [0.3, 0.4) is 0 Å². The molecule has 0 radical (unpaired) electrons. The summed E-state index contributed by atoms with van der Waals surface area (Å²) in [5, 5.41) is 0. The molecular weight excluding hydrogens is 220 g/mol. The van der Waals surface area contributed by atoms with Crippen molar-refractivity contribution in [1.82, 2.24) is 0 Å². The second-order valence-corrected chi connectivity index (χ2v) is 3.91. The number of rotatable bonds is 5. The maximum Gasteiger partial charge on any atom is 0.327 e. The van der Waals surface area contributed by atoms with E-state index in [1.807, 2.05) is 24.3 Å². The summed E-state index contributed by atoms with van der Waals surface area (Å²) < 4.78 is 22.1. The highest BCUT2D eigenvalue weighted by molar-refractivity contribution is 5.33. The van der Waals surface area contributed by atoms with E-state index in [1.165, 1.54) is 0 Å². The van der Waals surface area contributed by atoms with Crippen LogP contribution in [0.25, 0.3) is 0 Å². The molecule has 94 valence electrons. The van der Waals surface area contributed by atoms with Crippen LogP contribution in [0, 0.1) is 0 Å². The fraction of sp³-hybridized carbons (Fsp3) is 0.538. The van der Waals surface area contributed by atoms with Crippen molar-refractivity contribution < 1.29 is 18.9 Å². The van der Waals surface area contributed by atoms with E-state index in [9.17, 15) is 0 Å². The first kappa shape index (κ1) is 12.2. The third kappa shape index (κ3) is 2.90. The lowest BCUT2D eigenvalue weighted by atomic mass is 10.3. The molecule has 0 atom stereocenters. The highest BCUT2D eigenvalue weighted by Gasteiger charge is 2.38. The van der Waals surface area contributed by atoms with Gasteiger partial charge in [0.05, 0.1) is 20.3 Å². The Bertz CT molecular complexity index is 358. The third-order valence-electron chi connectivity index (χ3n) is 2.60. The molecule has 1 aliphatic heterocycles. The van der Waals surface area contributed by atoms with Crippen LogP contribution < -0.4 is 9.47 Å². The van der Waals surface area contributed by atoms with Crippen molar-refractivity contribution in [3.8, 4) is 11.5 Å². The van der Waals surface area contributed by atoms with Gasteiger partial charge in [0.1, 0.15) is 11.5 Å². The van der Waals surface area contributed by atoms with Crippen LogP contribution in [0.5, 0.6) is 11.5 Å². The van der Waals surface area contributed by atoms with Crippen LogP contribution in [0.2, 0.25) is 0 Å². The first-order valence-corrected chi connectivity index (χ1v) is 5.89. The highest BCUT2D eigenvalue weighted by Crippen LogP contribution is 2.30. The van der Waals surface area contributed by atoms with Crippen LogP contribution in [-0.4, -0.2) is 26.3 Å². The first-order chi connectivity index (χ1) is 8.28. The molecule has 1 aromatic rings. The van der Waals surface area contributed by atoms with Gasteiger partial charge in [0.2, 0.25) is 0 Å². The Kier molecular flexibility index (Phi) is 3.86. The molecule has 17 heavy (non-hydrogen) atoms. The van der Waals surface area contributed by atoms with E-state index in [1.54, 1.807) is 7.11 Å². The van der Waals surface area contributed by atoms with Crippen LogP contribution in [-0.2, 0) is 9.47 Å². The lowest BCUT2D eigenvalue weighted by molar-refractivity contribution is -0.289. The Morgan fingerprint density at radius 1 is 1.24 bits per heavy atom. The number of ether oxygens (including phenoxy) is 4. The standard InChI is InChI=1S/C13H18O4/c1-3-7-13(15-8-9-16-13)17-12-6-4-5-11(10-12)14-2/h4-6,10H,3,7-9H2,1-2H3. The molecule has 0 aliphatic carbocycles. The van der Waals surface area contributed by atoms with Gasteiger partial charge < -0.3 is 18.9 Å². The molecule has 0 spiro atoms. The second-order valence-electron chi connectivity index (χ2n) is 3.91. The molecular formula is C13H18O4. The maximum atomic E-state index is 5.82. The molecule has 4 heteroatoms. The van der Waals surface area contributed by atoms with Gasteiger partial charge in [-0.05, 0) is 18.6 Å². The van der Waals surface area contributed by atoms with E-state index in [4.69, 9.17) is 18.9 Å². The fourth-order valence-electron chi connectivity index (χ4n) is 1.84. The van der Waals surface area contributed by atoms with Gasteiger partial charge >= 0.3 is 5.97 Å². The first-order valence-electron chi connectivity index (χ1n) is 5.89. The van der Waals surface area contributed by atoms with Crippen molar-refractivity contribution in [3.63, 3.8) is 0 Å². The minimum absolute atomic E-state index is 0.573. The normalized spacial score (nSPS) is 18.0. The topological polar surface area (TPSA) is 36.9 Å². The molecule has 2 rings (SSSR count). The van der Waals surface area contributed by atoms with Gasteiger partial charge in [-0.3, -0.25) is 0 Å². The molecule has 1 fully saturated rings. The summed E-state index contributed by atoms with van der Waals surface area (Å²) in [6.07, 6.45) is 1.65. The van der Waals surface area contributed by atoms with Crippen molar-refractivity contribution in [1.29, 1.82) is 0 Å². The zero-order valence-corrected chi connectivity index (χ0v) is 10.3. The van der Waals surface area contributed by atoms with Crippen LogP contribution >= 0.6 is 0 Å². The Morgan fingerprint density at radius 3 is 2.59 bits per heavy atom. The predicted octanol–water partition coefficient (Wildman–Crippen LogP) is 2.57. The number of hydrogen-bond acceptors (Lipinski definition) is 4. The van der Waals surface area contributed by atoms with Crippen molar-refractivity contribution in [2.45, 2.75) is 25.7 Å². The van der Waals surface area contributed by atoms with Gasteiger partial charge in [-0.15, -0.1) is 0 Å². The summed E-state index contributed by atoms with van der Waals surface area (Å²) >= 11 is 0. The quantitative estimate of drug-likeness (QED) is 0.790. The van der Waals surface area contributed by atoms with Crippen LogP contribution in [0.4, 0.5) is 0 Å². The fourth-order valence-corrected chi connectivity index (χ4v) is 1.84. The monoisotopic (exact) mass is 238 g/mol. The van der Waals surface area contributed by atoms with E-state index in [-0.39, 0.29) is 0 Å². The lowest BCUT2D eigenvalue weighted by Gasteiger charge is -2.27. The van der Waals surface area contributed by atoms with Gasteiger partial charge in [-0.2, -0.15) is 0 Å². The summed E-state index contributed by atoms with van der Waals surface area (Å²) in [7, 11) is 1.63. The number of methoxy groups -OCH3 is 1. The molecule has 4 nitrogen and oxygen atoms in total. The van der Waals surface area contributed by atoms with Crippen LogP contribution in [0.1, 0.15) is 19.8 Å². The predicted molar refractivity (Wildman–Crippen MR) is 63.2 cm³/mol. The molecule has 1 aromatic carbocycles. The molecule has 0 N–H and O–H groups in total. The molecule has 1 heterocycles. The molecule has 0 saturated carbocycles. The van der Waals surface area contributed by atoms with Crippen molar-refractivity contribution in [3.05, 3.63) is 24.3 Å². The van der Waals surface area contributed by atoms with Crippen molar-refractivity contribution in [2.24, 2.45) is 0 Å². The van der Waals surface area contributed by atoms with Crippen molar-refractivity contribution in [2.75, 3.05) is 20.3 Å². The lowest BCUT2D eigenvalue weighted by Crippen LogP contribution is -2.37. The number of hydrogen-bond donors (Lipinski definition) is 0. The zero-order valence-electron chi connectivity index (χ0n) is 10.3. The second kappa shape index (κ2) is 5.38. The Balaban J connectivity index is 2.11. The minimum atomic E-state index is -0.916. The summed E-state index contributed by atoms with van der Waals surface area (Å²) in [5.41, 5.74) is 0. The average molecular weight is 238 g/mol. The van der Waals surface area contributed by atoms with E-state index in [0.717, 1.165) is 12.2 Å². The summed E-state index contributed by atoms with van der Waals surface area (Å²) in [4.78, 5) is 0. The Labute approximate surface area is 101 Å². The average Bonchev–Trinajstić information content (AvgIpc) is 2.78. The summed E-state index contributed by atoms with van der Waals surface area (Å²) in [5.74, 6) is 0.535. The maximum absolute atomic E-state index is 5.82. The Morgan fingerprint density at radius 2 is 1.94 bits per heavy atom.